The monoisotopic (exact) mass is 266 g/mol. The molecule has 0 aromatic heterocycles. The van der Waals surface area contributed by atoms with Crippen LogP contribution in [0.25, 0.3) is 0 Å². The fourth-order valence-corrected chi connectivity index (χ4v) is 4.48. The molecule has 4 saturated heterocycles. The molecule has 0 saturated carbocycles. The van der Waals surface area contributed by atoms with Crippen molar-refractivity contribution in [2.75, 3.05) is 52.9 Å². The van der Waals surface area contributed by atoms with E-state index in [2.05, 4.69) is 35.6 Å². The van der Waals surface area contributed by atoms with Crippen molar-refractivity contribution >= 4 is 0 Å². The van der Waals surface area contributed by atoms with Crippen molar-refractivity contribution in [1.82, 2.24) is 14.7 Å². The molecular formula is C15H30N4. The van der Waals surface area contributed by atoms with Crippen LogP contribution < -0.4 is 5.73 Å². The Labute approximate surface area is 117 Å². The van der Waals surface area contributed by atoms with E-state index in [1.165, 1.54) is 45.6 Å². The van der Waals surface area contributed by atoms with E-state index >= 15 is 0 Å². The van der Waals surface area contributed by atoms with Gasteiger partial charge in [-0.1, -0.05) is 0 Å². The Kier molecular flexibility index (Phi) is 3.41. The molecule has 4 fully saturated rings. The lowest BCUT2D eigenvalue weighted by atomic mass is 9.71. The Balaban J connectivity index is 1.83. The van der Waals surface area contributed by atoms with Gasteiger partial charge in [-0.3, -0.25) is 9.80 Å². The van der Waals surface area contributed by atoms with Crippen LogP contribution in [0.4, 0.5) is 0 Å². The number of hydrogen-bond donors (Lipinski definition) is 1. The first-order valence-corrected chi connectivity index (χ1v) is 7.87. The molecule has 1 atom stereocenters. The van der Waals surface area contributed by atoms with Gasteiger partial charge in [0.2, 0.25) is 0 Å². The molecule has 2 N–H and O–H groups in total. The van der Waals surface area contributed by atoms with Crippen molar-refractivity contribution in [2.45, 2.75) is 37.8 Å². The van der Waals surface area contributed by atoms with E-state index in [1.54, 1.807) is 0 Å². The van der Waals surface area contributed by atoms with Gasteiger partial charge < -0.3 is 10.6 Å². The Hall–Kier alpha value is -0.160. The van der Waals surface area contributed by atoms with Gasteiger partial charge in [-0.25, -0.2) is 0 Å². The van der Waals surface area contributed by atoms with Gasteiger partial charge in [0.25, 0.3) is 0 Å². The SMILES string of the molecule is CN1CCN(C2(CN)CN3CCC2CC3)CC1(C)C. The maximum atomic E-state index is 6.30. The van der Waals surface area contributed by atoms with Crippen LogP contribution in [0, 0.1) is 5.92 Å². The van der Waals surface area contributed by atoms with Crippen molar-refractivity contribution in [2.24, 2.45) is 11.7 Å². The highest BCUT2D eigenvalue weighted by molar-refractivity contribution is 5.08. The Bertz CT molecular complexity index is 335. The number of piperidine rings is 3. The molecule has 1 unspecified atom stereocenters. The molecule has 0 radical (unpaired) electrons. The molecule has 19 heavy (non-hydrogen) atoms. The van der Waals surface area contributed by atoms with Gasteiger partial charge in [-0.15, -0.1) is 0 Å². The van der Waals surface area contributed by atoms with E-state index in [0.29, 0.717) is 0 Å². The molecular weight excluding hydrogens is 236 g/mol. The quantitative estimate of drug-likeness (QED) is 0.786. The van der Waals surface area contributed by atoms with Gasteiger partial charge in [0, 0.05) is 43.8 Å². The van der Waals surface area contributed by atoms with E-state index < -0.39 is 0 Å². The largest absolute Gasteiger partial charge is 0.329 e. The molecule has 0 aromatic rings. The number of piperazine rings is 1. The number of likely N-dealkylation sites (N-methyl/N-ethyl adjacent to an activating group) is 1. The smallest absolute Gasteiger partial charge is 0.0488 e. The van der Waals surface area contributed by atoms with Gasteiger partial charge in [-0.2, -0.15) is 0 Å². The summed E-state index contributed by atoms with van der Waals surface area (Å²) in [6, 6.07) is 0. The minimum atomic E-state index is 0.259. The molecule has 4 rings (SSSR count). The molecule has 4 aliphatic heterocycles. The van der Waals surface area contributed by atoms with Gasteiger partial charge in [0.15, 0.2) is 0 Å². The molecule has 4 heteroatoms. The first-order chi connectivity index (χ1) is 8.98. The summed E-state index contributed by atoms with van der Waals surface area (Å²) < 4.78 is 0. The maximum absolute atomic E-state index is 6.30. The summed E-state index contributed by atoms with van der Waals surface area (Å²) >= 11 is 0. The highest BCUT2D eigenvalue weighted by Gasteiger charge is 2.51. The molecule has 0 amide bonds. The highest BCUT2D eigenvalue weighted by atomic mass is 15.4. The van der Waals surface area contributed by atoms with Crippen LogP contribution >= 0.6 is 0 Å². The summed E-state index contributed by atoms with van der Waals surface area (Å²) in [5.74, 6) is 0.821. The predicted octanol–water partition coefficient (Wildman–Crippen LogP) is 0.436. The predicted molar refractivity (Wildman–Crippen MR) is 79.2 cm³/mol. The maximum Gasteiger partial charge on any atom is 0.0488 e. The van der Waals surface area contributed by atoms with E-state index in [0.717, 1.165) is 19.0 Å². The molecule has 0 spiro atoms. The average molecular weight is 266 g/mol. The van der Waals surface area contributed by atoms with Crippen LogP contribution in [-0.2, 0) is 0 Å². The van der Waals surface area contributed by atoms with Crippen molar-refractivity contribution in [3.8, 4) is 0 Å². The van der Waals surface area contributed by atoms with Crippen LogP contribution in [0.2, 0.25) is 0 Å². The second-order valence-corrected chi connectivity index (χ2v) is 7.51. The summed E-state index contributed by atoms with van der Waals surface area (Å²) in [5, 5.41) is 0. The lowest BCUT2D eigenvalue weighted by Crippen LogP contribution is -2.74. The van der Waals surface area contributed by atoms with Gasteiger partial charge >= 0.3 is 0 Å². The zero-order valence-electron chi connectivity index (χ0n) is 12.9. The van der Waals surface area contributed by atoms with Crippen LogP contribution in [-0.4, -0.2) is 78.6 Å². The zero-order chi connectivity index (χ0) is 13.7. The molecule has 4 heterocycles. The first-order valence-electron chi connectivity index (χ1n) is 7.87. The Morgan fingerprint density at radius 3 is 2.21 bits per heavy atom. The summed E-state index contributed by atoms with van der Waals surface area (Å²) in [4.78, 5) is 7.87. The average Bonchev–Trinajstić information content (AvgIpc) is 2.42. The summed E-state index contributed by atoms with van der Waals surface area (Å²) in [6.45, 7) is 12.9. The van der Waals surface area contributed by atoms with Crippen molar-refractivity contribution in [3.63, 3.8) is 0 Å². The number of nitrogens with two attached hydrogens (primary N) is 1. The molecule has 4 nitrogen and oxygen atoms in total. The molecule has 0 aromatic carbocycles. The second kappa shape index (κ2) is 4.69. The normalized spacial score (nSPS) is 43.6. The van der Waals surface area contributed by atoms with Crippen molar-refractivity contribution < 1.29 is 0 Å². The fraction of sp³-hybridized carbons (Fsp3) is 1.00. The lowest BCUT2D eigenvalue weighted by Gasteiger charge is -2.61. The molecule has 110 valence electrons. The summed E-state index contributed by atoms with van der Waals surface area (Å²) in [5.41, 5.74) is 6.83. The molecule has 2 bridgehead atoms. The van der Waals surface area contributed by atoms with E-state index in [-0.39, 0.29) is 11.1 Å². The van der Waals surface area contributed by atoms with Gasteiger partial charge in [0.1, 0.15) is 0 Å². The van der Waals surface area contributed by atoms with Crippen LogP contribution in [0.15, 0.2) is 0 Å². The highest BCUT2D eigenvalue weighted by Crippen LogP contribution is 2.40. The topological polar surface area (TPSA) is 35.7 Å². The van der Waals surface area contributed by atoms with Gasteiger partial charge in [-0.05, 0) is 52.7 Å². The number of nitrogens with zero attached hydrogens (tertiary/aromatic N) is 3. The second-order valence-electron chi connectivity index (χ2n) is 7.51. The lowest BCUT2D eigenvalue weighted by molar-refractivity contribution is -0.103. The minimum absolute atomic E-state index is 0.259. The third-order valence-electron chi connectivity index (χ3n) is 6.14. The molecule has 0 aliphatic carbocycles. The Morgan fingerprint density at radius 1 is 1.05 bits per heavy atom. The van der Waals surface area contributed by atoms with E-state index in [4.69, 9.17) is 5.73 Å². The number of rotatable bonds is 2. The Morgan fingerprint density at radius 2 is 1.74 bits per heavy atom. The third kappa shape index (κ3) is 2.13. The van der Waals surface area contributed by atoms with Crippen LogP contribution in [0.3, 0.4) is 0 Å². The van der Waals surface area contributed by atoms with Crippen LogP contribution in [0.5, 0.6) is 0 Å². The van der Waals surface area contributed by atoms with Crippen LogP contribution in [0.1, 0.15) is 26.7 Å². The van der Waals surface area contributed by atoms with E-state index in [1.807, 2.05) is 0 Å². The third-order valence-corrected chi connectivity index (χ3v) is 6.14. The van der Waals surface area contributed by atoms with Gasteiger partial charge in [0.05, 0.1) is 0 Å². The number of hydrogen-bond acceptors (Lipinski definition) is 4. The van der Waals surface area contributed by atoms with E-state index in [9.17, 15) is 0 Å². The fourth-order valence-electron chi connectivity index (χ4n) is 4.48. The summed E-state index contributed by atoms with van der Waals surface area (Å²) in [6.07, 6.45) is 2.70. The number of fused-ring (bicyclic) bond motifs is 3. The zero-order valence-corrected chi connectivity index (χ0v) is 12.9. The molecule has 4 aliphatic rings. The standard InChI is InChI=1S/C15H30N4/c1-14(2)11-19(9-8-17(14)3)15(10-16)12-18-6-4-13(15)5-7-18/h13H,4-12,16H2,1-3H3. The van der Waals surface area contributed by atoms with Crippen molar-refractivity contribution in [1.29, 1.82) is 0 Å². The summed E-state index contributed by atoms with van der Waals surface area (Å²) in [7, 11) is 2.25. The van der Waals surface area contributed by atoms with Crippen molar-refractivity contribution in [3.05, 3.63) is 0 Å². The minimum Gasteiger partial charge on any atom is -0.329 e. The first kappa shape index (κ1) is 13.8.